The minimum Gasteiger partial charge on any atom is -0.493 e. The Hall–Kier alpha value is -2.84. The zero-order valence-corrected chi connectivity index (χ0v) is 9.15. The normalized spacial score (nSPS) is 11.1. The van der Waals surface area contributed by atoms with E-state index in [4.69, 9.17) is 0 Å². The van der Waals surface area contributed by atoms with E-state index in [1.54, 1.807) is 4.98 Å². The molecule has 0 spiro atoms. The summed E-state index contributed by atoms with van der Waals surface area (Å²) in [6.07, 6.45) is 0. The molecule has 0 fully saturated rings. The standard InChI is InChI=1S/C10H6F2N4O3/c11-4-1-2-6(5(12)3-4)15-16-7-8(17)13-10(19)14-9(7)18/h1-3H,(H3,13,14,17,18,19). The molecule has 2 rings (SSSR count). The fraction of sp³-hybridized carbons (Fsp3) is 0. The molecule has 0 amide bonds. The molecule has 0 aliphatic heterocycles. The summed E-state index contributed by atoms with van der Waals surface area (Å²) >= 11 is 0. The average Bonchev–Trinajstić information content (AvgIpc) is 2.30. The summed E-state index contributed by atoms with van der Waals surface area (Å²) in [5, 5.41) is 15.9. The third-order valence-corrected chi connectivity index (χ3v) is 2.07. The molecule has 2 aromatic rings. The Bertz CT molecular complexity index is 766. The molecule has 1 aromatic carbocycles. The van der Waals surface area contributed by atoms with E-state index in [0.717, 1.165) is 12.1 Å². The van der Waals surface area contributed by atoms with Crippen molar-refractivity contribution in [1.29, 1.82) is 0 Å². The maximum Gasteiger partial charge on any atom is 0.328 e. The third kappa shape index (κ3) is 2.70. The van der Waals surface area contributed by atoms with E-state index in [2.05, 4.69) is 10.2 Å². The maximum absolute atomic E-state index is 13.2. The largest absolute Gasteiger partial charge is 0.493 e. The van der Waals surface area contributed by atoms with E-state index >= 15 is 0 Å². The van der Waals surface area contributed by atoms with Crippen molar-refractivity contribution in [2.75, 3.05) is 0 Å². The number of hydrogen-bond acceptors (Lipinski definition) is 5. The lowest BCUT2D eigenvalue weighted by molar-refractivity contribution is 0.450. The molecule has 0 aliphatic rings. The van der Waals surface area contributed by atoms with Crippen molar-refractivity contribution in [2.24, 2.45) is 10.2 Å². The van der Waals surface area contributed by atoms with Gasteiger partial charge in [0.05, 0.1) is 0 Å². The number of azo groups is 1. The molecule has 0 unspecified atom stereocenters. The first-order valence-electron chi connectivity index (χ1n) is 4.90. The number of aromatic hydroxyl groups is 1. The van der Waals surface area contributed by atoms with Gasteiger partial charge in [-0.1, -0.05) is 0 Å². The van der Waals surface area contributed by atoms with Crippen LogP contribution in [0, 0.1) is 11.6 Å². The first-order valence-corrected chi connectivity index (χ1v) is 4.90. The van der Waals surface area contributed by atoms with Gasteiger partial charge in [-0.05, 0) is 12.1 Å². The first-order chi connectivity index (χ1) is 8.97. The summed E-state index contributed by atoms with van der Waals surface area (Å²) in [7, 11) is 0. The van der Waals surface area contributed by atoms with Gasteiger partial charge in [0.25, 0.3) is 5.56 Å². The van der Waals surface area contributed by atoms with Gasteiger partial charge >= 0.3 is 5.69 Å². The molecular formula is C10H6F2N4O3. The molecule has 0 aliphatic carbocycles. The lowest BCUT2D eigenvalue weighted by atomic mass is 10.3. The number of hydrogen-bond donors (Lipinski definition) is 3. The molecule has 0 atom stereocenters. The van der Waals surface area contributed by atoms with Crippen LogP contribution >= 0.6 is 0 Å². The molecule has 0 bridgehead atoms. The van der Waals surface area contributed by atoms with Gasteiger partial charge in [0.2, 0.25) is 11.6 Å². The Morgan fingerprint density at radius 1 is 1.11 bits per heavy atom. The highest BCUT2D eigenvalue weighted by atomic mass is 19.1. The molecule has 19 heavy (non-hydrogen) atoms. The summed E-state index contributed by atoms with van der Waals surface area (Å²) in [6.45, 7) is 0. The average molecular weight is 268 g/mol. The highest BCUT2D eigenvalue weighted by molar-refractivity contribution is 5.44. The van der Waals surface area contributed by atoms with Gasteiger partial charge < -0.3 is 5.11 Å². The molecule has 7 nitrogen and oxygen atoms in total. The lowest BCUT2D eigenvalue weighted by Crippen LogP contribution is -2.20. The van der Waals surface area contributed by atoms with Gasteiger partial charge in [0, 0.05) is 6.07 Å². The molecular weight excluding hydrogens is 262 g/mol. The molecule has 0 saturated heterocycles. The van der Waals surface area contributed by atoms with Crippen molar-refractivity contribution in [3.05, 3.63) is 50.7 Å². The van der Waals surface area contributed by atoms with E-state index in [1.165, 1.54) is 0 Å². The van der Waals surface area contributed by atoms with Gasteiger partial charge in [-0.25, -0.2) is 13.6 Å². The molecule has 9 heteroatoms. The third-order valence-electron chi connectivity index (χ3n) is 2.07. The number of nitrogens with zero attached hydrogens (tertiary/aromatic N) is 2. The Kier molecular flexibility index (Phi) is 3.19. The van der Waals surface area contributed by atoms with Crippen LogP contribution in [0.15, 0.2) is 38.0 Å². The monoisotopic (exact) mass is 268 g/mol. The zero-order valence-electron chi connectivity index (χ0n) is 9.15. The van der Waals surface area contributed by atoms with E-state index < -0.39 is 34.5 Å². The Labute approximate surface area is 103 Å². The second-order valence-corrected chi connectivity index (χ2v) is 3.40. The van der Waals surface area contributed by atoms with Gasteiger partial charge in [-0.15, -0.1) is 10.2 Å². The molecule has 1 aromatic heterocycles. The molecule has 1 heterocycles. The maximum atomic E-state index is 13.2. The van der Waals surface area contributed by atoms with Crippen LogP contribution in [0.1, 0.15) is 0 Å². The SMILES string of the molecule is O=c1[nH]c(O)c(N=Nc2ccc(F)cc2F)c(=O)[nH]1. The summed E-state index contributed by atoms with van der Waals surface area (Å²) < 4.78 is 25.9. The van der Waals surface area contributed by atoms with Crippen molar-refractivity contribution in [2.45, 2.75) is 0 Å². The fourth-order valence-corrected chi connectivity index (χ4v) is 1.23. The van der Waals surface area contributed by atoms with Gasteiger partial charge in [-0.2, -0.15) is 0 Å². The highest BCUT2D eigenvalue weighted by Crippen LogP contribution is 2.23. The van der Waals surface area contributed by atoms with Crippen LogP contribution in [0.3, 0.4) is 0 Å². The van der Waals surface area contributed by atoms with Crippen LogP contribution in [0.4, 0.5) is 20.2 Å². The fourth-order valence-electron chi connectivity index (χ4n) is 1.23. The molecule has 0 radical (unpaired) electrons. The smallest absolute Gasteiger partial charge is 0.328 e. The van der Waals surface area contributed by atoms with Crippen LogP contribution in [0.25, 0.3) is 0 Å². The highest BCUT2D eigenvalue weighted by Gasteiger charge is 2.08. The van der Waals surface area contributed by atoms with Crippen molar-refractivity contribution >= 4 is 11.4 Å². The number of nitrogens with one attached hydrogen (secondary N) is 2. The predicted molar refractivity (Wildman–Crippen MR) is 59.9 cm³/mol. The number of rotatable bonds is 2. The summed E-state index contributed by atoms with van der Waals surface area (Å²) in [5.41, 5.74) is -2.84. The van der Waals surface area contributed by atoms with Crippen molar-refractivity contribution in [3.63, 3.8) is 0 Å². The number of halogens is 2. The van der Waals surface area contributed by atoms with E-state index in [-0.39, 0.29) is 5.69 Å². The molecule has 98 valence electrons. The summed E-state index contributed by atoms with van der Waals surface area (Å²) in [6, 6.07) is 2.55. The minimum absolute atomic E-state index is 0.327. The van der Waals surface area contributed by atoms with Crippen molar-refractivity contribution in [3.8, 4) is 5.88 Å². The topological polar surface area (TPSA) is 111 Å². The predicted octanol–water partition coefficient (Wildman–Crippen LogP) is 1.46. The quantitative estimate of drug-likeness (QED) is 0.717. The Morgan fingerprint density at radius 2 is 1.84 bits per heavy atom. The Balaban J connectivity index is 2.44. The lowest BCUT2D eigenvalue weighted by Gasteiger charge is -1.97. The van der Waals surface area contributed by atoms with E-state index in [0.29, 0.717) is 6.07 Å². The second kappa shape index (κ2) is 4.80. The molecule has 0 saturated carbocycles. The number of benzene rings is 1. The van der Waals surface area contributed by atoms with Crippen LogP contribution in [-0.4, -0.2) is 15.1 Å². The number of aromatic nitrogens is 2. The zero-order chi connectivity index (χ0) is 14.0. The summed E-state index contributed by atoms with van der Waals surface area (Å²) in [4.78, 5) is 25.7. The minimum atomic E-state index is -0.993. The van der Waals surface area contributed by atoms with Crippen LogP contribution < -0.4 is 11.2 Å². The summed E-state index contributed by atoms with van der Waals surface area (Å²) in [5.74, 6) is -2.58. The molecule has 3 N–H and O–H groups in total. The number of H-pyrrole nitrogens is 2. The van der Waals surface area contributed by atoms with E-state index in [1.807, 2.05) is 4.98 Å². The van der Waals surface area contributed by atoms with Crippen molar-refractivity contribution in [1.82, 2.24) is 9.97 Å². The van der Waals surface area contributed by atoms with E-state index in [9.17, 15) is 23.5 Å². The van der Waals surface area contributed by atoms with Gasteiger partial charge in [0.1, 0.15) is 11.5 Å². The van der Waals surface area contributed by atoms with Crippen LogP contribution in [0.2, 0.25) is 0 Å². The first kappa shape index (κ1) is 12.6. The van der Waals surface area contributed by atoms with Gasteiger partial charge in [0.15, 0.2) is 5.82 Å². The second-order valence-electron chi connectivity index (χ2n) is 3.40. The van der Waals surface area contributed by atoms with Crippen molar-refractivity contribution < 1.29 is 13.9 Å². The van der Waals surface area contributed by atoms with Crippen LogP contribution in [0.5, 0.6) is 5.88 Å². The van der Waals surface area contributed by atoms with Gasteiger partial charge in [-0.3, -0.25) is 14.8 Å². The number of aromatic amines is 2. The van der Waals surface area contributed by atoms with Crippen LogP contribution in [-0.2, 0) is 0 Å². The Morgan fingerprint density at radius 3 is 2.47 bits per heavy atom.